The number of hydrogen-bond acceptors (Lipinski definition) is 5. The van der Waals surface area contributed by atoms with Crippen molar-refractivity contribution in [1.29, 1.82) is 0 Å². The first-order chi connectivity index (χ1) is 15.2. The molecule has 2 aromatic rings. The second-order valence-corrected chi connectivity index (χ2v) is 9.93. The monoisotopic (exact) mass is 457 g/mol. The molecule has 1 aromatic carbocycles. The molecule has 0 unspecified atom stereocenters. The molecule has 1 aromatic heterocycles. The van der Waals surface area contributed by atoms with Gasteiger partial charge in [-0.15, -0.1) is 0 Å². The summed E-state index contributed by atoms with van der Waals surface area (Å²) in [6.45, 7) is 5.41. The Kier molecular flexibility index (Phi) is 6.16. The van der Waals surface area contributed by atoms with Crippen LogP contribution in [0.15, 0.2) is 41.4 Å². The van der Waals surface area contributed by atoms with Gasteiger partial charge in [0, 0.05) is 31.5 Å². The van der Waals surface area contributed by atoms with Crippen molar-refractivity contribution in [2.75, 3.05) is 29.9 Å². The van der Waals surface area contributed by atoms with Crippen LogP contribution >= 0.6 is 0 Å². The highest BCUT2D eigenvalue weighted by molar-refractivity contribution is 7.89. The van der Waals surface area contributed by atoms with Gasteiger partial charge in [0.05, 0.1) is 10.9 Å². The van der Waals surface area contributed by atoms with Crippen molar-refractivity contribution in [3.05, 3.63) is 47.7 Å². The molecule has 32 heavy (non-hydrogen) atoms. The molecule has 1 saturated heterocycles. The van der Waals surface area contributed by atoms with E-state index in [4.69, 9.17) is 0 Å². The number of benzene rings is 1. The van der Waals surface area contributed by atoms with Crippen molar-refractivity contribution < 1.29 is 18.0 Å². The quantitative estimate of drug-likeness (QED) is 0.715. The summed E-state index contributed by atoms with van der Waals surface area (Å²) in [5, 5.41) is 2.62. The van der Waals surface area contributed by atoms with Crippen LogP contribution in [0, 0.1) is 6.92 Å². The van der Waals surface area contributed by atoms with Crippen molar-refractivity contribution in [2.45, 2.75) is 44.0 Å². The number of nitrogens with zero attached hydrogens (tertiary/aromatic N) is 3. The number of pyridine rings is 1. The lowest BCUT2D eigenvalue weighted by Gasteiger charge is -2.24. The van der Waals surface area contributed by atoms with E-state index < -0.39 is 22.0 Å². The number of rotatable bonds is 5. The summed E-state index contributed by atoms with van der Waals surface area (Å²) in [5.41, 5.74) is 2.48. The number of fused-ring (bicyclic) bond motifs is 1. The number of nitrogens with one attached hydrogen (secondary N) is 2. The topological polar surface area (TPSA) is 112 Å². The molecule has 1 atom stereocenters. The summed E-state index contributed by atoms with van der Waals surface area (Å²) in [6.07, 6.45) is 4.19. The zero-order valence-corrected chi connectivity index (χ0v) is 19.0. The summed E-state index contributed by atoms with van der Waals surface area (Å²) >= 11 is 0. The normalized spacial score (nSPS) is 16.7. The van der Waals surface area contributed by atoms with Crippen LogP contribution in [-0.2, 0) is 21.2 Å². The van der Waals surface area contributed by atoms with Crippen molar-refractivity contribution in [1.82, 2.24) is 14.6 Å². The van der Waals surface area contributed by atoms with E-state index in [1.807, 2.05) is 11.8 Å². The summed E-state index contributed by atoms with van der Waals surface area (Å²) in [5.74, 6) is -0.142. The summed E-state index contributed by atoms with van der Waals surface area (Å²) in [6, 6.07) is 7.22. The standard InChI is InChI=1S/C22H27N5O4S/c1-15-7-9-23-20(13-15)24-21(28)16(2)25-32(30,31)18-5-6-19-17(14-18)8-12-27(19)22(29)26-10-3-4-11-26/h5-7,9,13-14,16,25H,3-4,8,10-12H2,1-2H3,(H,23,24,28)/t16-/m1/s1. The number of carbonyl (C=O) groups excluding carboxylic acids is 2. The van der Waals surface area contributed by atoms with E-state index in [1.54, 1.807) is 35.4 Å². The highest BCUT2D eigenvalue weighted by atomic mass is 32.2. The van der Waals surface area contributed by atoms with Crippen LogP contribution in [0.2, 0.25) is 0 Å². The Balaban J connectivity index is 1.45. The molecule has 3 amide bonds. The van der Waals surface area contributed by atoms with Crippen LogP contribution in [0.1, 0.15) is 30.9 Å². The molecular formula is C22H27N5O4S. The van der Waals surface area contributed by atoms with Gasteiger partial charge in [-0.2, -0.15) is 4.72 Å². The van der Waals surface area contributed by atoms with Crippen LogP contribution < -0.4 is 14.9 Å². The number of likely N-dealkylation sites (tertiary alicyclic amines) is 1. The maximum absolute atomic E-state index is 12.9. The average molecular weight is 458 g/mol. The third-order valence-corrected chi connectivity index (χ3v) is 7.29. The first-order valence-corrected chi connectivity index (χ1v) is 12.2. The Morgan fingerprint density at radius 3 is 2.56 bits per heavy atom. The number of aryl methyl sites for hydroxylation is 1. The van der Waals surface area contributed by atoms with Gasteiger partial charge in [-0.3, -0.25) is 9.69 Å². The van der Waals surface area contributed by atoms with Crippen molar-refractivity contribution in [3.8, 4) is 0 Å². The number of aromatic nitrogens is 1. The third-order valence-electron chi connectivity index (χ3n) is 5.76. The van der Waals surface area contributed by atoms with Gasteiger partial charge in [0.15, 0.2) is 0 Å². The summed E-state index contributed by atoms with van der Waals surface area (Å²) in [4.78, 5) is 32.9. The van der Waals surface area contributed by atoms with Crippen LogP contribution in [-0.4, -0.2) is 55.9 Å². The van der Waals surface area contributed by atoms with Gasteiger partial charge in [-0.05, 0) is 74.6 Å². The van der Waals surface area contributed by atoms with Gasteiger partial charge in [0.1, 0.15) is 5.82 Å². The lowest BCUT2D eigenvalue weighted by molar-refractivity contribution is -0.117. The molecule has 0 aliphatic carbocycles. The number of carbonyl (C=O) groups is 2. The number of hydrogen-bond donors (Lipinski definition) is 2. The van der Waals surface area contributed by atoms with Gasteiger partial charge < -0.3 is 10.2 Å². The maximum atomic E-state index is 12.9. The Morgan fingerprint density at radius 2 is 1.84 bits per heavy atom. The molecule has 170 valence electrons. The van der Waals surface area contributed by atoms with E-state index in [0.717, 1.165) is 42.7 Å². The van der Waals surface area contributed by atoms with Gasteiger partial charge >= 0.3 is 6.03 Å². The first kappa shape index (κ1) is 22.2. The second kappa shape index (κ2) is 8.87. The van der Waals surface area contributed by atoms with Crippen LogP contribution in [0.25, 0.3) is 0 Å². The maximum Gasteiger partial charge on any atom is 0.324 e. The minimum Gasteiger partial charge on any atom is -0.324 e. The van der Waals surface area contributed by atoms with E-state index >= 15 is 0 Å². The smallest absolute Gasteiger partial charge is 0.324 e. The fourth-order valence-corrected chi connectivity index (χ4v) is 5.27. The van der Waals surface area contributed by atoms with Crippen LogP contribution in [0.3, 0.4) is 0 Å². The molecule has 1 fully saturated rings. The fraction of sp³-hybridized carbons (Fsp3) is 0.409. The third kappa shape index (κ3) is 4.61. The molecule has 2 aliphatic heterocycles. The lowest BCUT2D eigenvalue weighted by Crippen LogP contribution is -2.41. The zero-order valence-electron chi connectivity index (χ0n) is 18.2. The highest BCUT2D eigenvalue weighted by Crippen LogP contribution is 2.31. The fourth-order valence-electron chi connectivity index (χ4n) is 4.02. The summed E-state index contributed by atoms with van der Waals surface area (Å²) < 4.78 is 28.2. The molecule has 0 radical (unpaired) electrons. The molecule has 0 spiro atoms. The van der Waals surface area contributed by atoms with Gasteiger partial charge in [-0.25, -0.2) is 18.2 Å². The minimum atomic E-state index is -3.93. The first-order valence-electron chi connectivity index (χ1n) is 10.7. The molecular weight excluding hydrogens is 430 g/mol. The van der Waals surface area contributed by atoms with Crippen LogP contribution in [0.4, 0.5) is 16.3 Å². The van der Waals surface area contributed by atoms with Gasteiger partial charge in [0.2, 0.25) is 15.9 Å². The van der Waals surface area contributed by atoms with Crippen molar-refractivity contribution in [3.63, 3.8) is 0 Å². The Hall–Kier alpha value is -2.98. The number of amides is 3. The SMILES string of the molecule is Cc1ccnc(NC(=O)[C@@H](C)NS(=O)(=O)c2ccc3c(c2)CCN3C(=O)N2CCCC2)c1. The Labute approximate surface area is 187 Å². The van der Waals surface area contributed by atoms with Gasteiger partial charge in [0.25, 0.3) is 0 Å². The second-order valence-electron chi connectivity index (χ2n) is 8.22. The van der Waals surface area contributed by atoms with E-state index in [2.05, 4.69) is 15.0 Å². The Morgan fingerprint density at radius 1 is 1.09 bits per heavy atom. The predicted molar refractivity (Wildman–Crippen MR) is 121 cm³/mol. The highest BCUT2D eigenvalue weighted by Gasteiger charge is 2.31. The number of sulfonamides is 1. The van der Waals surface area contributed by atoms with Gasteiger partial charge in [-0.1, -0.05) is 0 Å². The molecule has 3 heterocycles. The van der Waals surface area contributed by atoms with Crippen molar-refractivity contribution in [2.24, 2.45) is 0 Å². The summed E-state index contributed by atoms with van der Waals surface area (Å²) in [7, 11) is -3.93. The molecule has 10 heteroatoms. The predicted octanol–water partition coefficient (Wildman–Crippen LogP) is 2.27. The molecule has 2 N–H and O–H groups in total. The van der Waals surface area contributed by atoms with E-state index in [1.165, 1.54) is 13.0 Å². The molecule has 0 saturated carbocycles. The molecule has 0 bridgehead atoms. The number of urea groups is 1. The minimum absolute atomic E-state index is 0.0231. The van der Waals surface area contributed by atoms with E-state index in [-0.39, 0.29) is 10.9 Å². The Bertz CT molecular complexity index is 1140. The number of anilines is 2. The van der Waals surface area contributed by atoms with Crippen LogP contribution in [0.5, 0.6) is 0 Å². The van der Waals surface area contributed by atoms with E-state index in [0.29, 0.717) is 18.8 Å². The lowest BCUT2D eigenvalue weighted by atomic mass is 10.2. The molecule has 2 aliphatic rings. The zero-order chi connectivity index (χ0) is 22.9. The molecule has 4 rings (SSSR count). The average Bonchev–Trinajstić information content (AvgIpc) is 3.42. The molecule has 9 nitrogen and oxygen atoms in total. The van der Waals surface area contributed by atoms with E-state index in [9.17, 15) is 18.0 Å². The van der Waals surface area contributed by atoms with Crippen molar-refractivity contribution >= 4 is 33.5 Å². The largest absolute Gasteiger partial charge is 0.324 e.